The number of nitrogens with two attached hydrogens (primary N) is 1. The zero-order valence-electron chi connectivity index (χ0n) is 13.1. The highest BCUT2D eigenvalue weighted by Crippen LogP contribution is 2.25. The van der Waals surface area contributed by atoms with Gasteiger partial charge in [-0.1, -0.05) is 19.3 Å². The first-order chi connectivity index (χ1) is 10.3. The van der Waals surface area contributed by atoms with Gasteiger partial charge >= 0.3 is 5.97 Å². The third kappa shape index (κ3) is 8.36. The van der Waals surface area contributed by atoms with Crippen molar-refractivity contribution in [2.75, 3.05) is 46.8 Å². The Morgan fingerprint density at radius 1 is 1.00 bits per heavy atom. The van der Waals surface area contributed by atoms with Gasteiger partial charge in [0.05, 0.1) is 33.0 Å². The fourth-order valence-electron chi connectivity index (χ4n) is 2.45. The Labute approximate surface area is 127 Å². The Morgan fingerprint density at radius 3 is 2.19 bits per heavy atom. The van der Waals surface area contributed by atoms with E-state index in [0.717, 1.165) is 25.7 Å². The maximum atomic E-state index is 11.8. The van der Waals surface area contributed by atoms with E-state index in [4.69, 9.17) is 24.7 Å². The van der Waals surface area contributed by atoms with Gasteiger partial charge in [0, 0.05) is 7.11 Å². The second kappa shape index (κ2) is 11.9. The summed E-state index contributed by atoms with van der Waals surface area (Å²) in [6.45, 7) is 2.75. The fraction of sp³-hybridized carbons (Fsp3) is 0.933. The topological polar surface area (TPSA) is 80.0 Å². The number of hydrogen-bond donors (Lipinski definition) is 1. The highest BCUT2D eigenvalue weighted by molar-refractivity contribution is 5.75. The van der Waals surface area contributed by atoms with Crippen molar-refractivity contribution in [2.45, 2.75) is 38.1 Å². The van der Waals surface area contributed by atoms with Crippen LogP contribution in [-0.2, 0) is 23.7 Å². The summed E-state index contributed by atoms with van der Waals surface area (Å²) in [5.74, 6) is -0.0248. The summed E-state index contributed by atoms with van der Waals surface area (Å²) in [6, 6.07) is -0.484. The Kier molecular flexibility index (Phi) is 10.4. The molecule has 0 heterocycles. The first-order valence-corrected chi connectivity index (χ1v) is 7.82. The minimum atomic E-state index is -0.484. The van der Waals surface area contributed by atoms with Gasteiger partial charge in [0.15, 0.2) is 0 Å². The van der Waals surface area contributed by atoms with Gasteiger partial charge < -0.3 is 24.7 Å². The van der Waals surface area contributed by atoms with E-state index in [1.165, 1.54) is 6.42 Å². The lowest BCUT2D eigenvalue weighted by atomic mass is 9.84. The van der Waals surface area contributed by atoms with Crippen molar-refractivity contribution in [1.29, 1.82) is 0 Å². The van der Waals surface area contributed by atoms with E-state index < -0.39 is 6.04 Å². The van der Waals surface area contributed by atoms with Crippen molar-refractivity contribution in [3.05, 3.63) is 0 Å². The highest BCUT2D eigenvalue weighted by Gasteiger charge is 2.27. The van der Waals surface area contributed by atoms with Gasteiger partial charge in [-0.25, -0.2) is 0 Å². The molecule has 1 saturated carbocycles. The number of ether oxygens (including phenoxy) is 4. The molecule has 0 aliphatic heterocycles. The van der Waals surface area contributed by atoms with Gasteiger partial charge in [0.2, 0.25) is 0 Å². The first-order valence-electron chi connectivity index (χ1n) is 7.82. The molecule has 1 aliphatic rings. The quantitative estimate of drug-likeness (QED) is 0.455. The summed E-state index contributed by atoms with van der Waals surface area (Å²) in [5, 5.41) is 0. The first kappa shape index (κ1) is 18.4. The van der Waals surface area contributed by atoms with E-state index in [0.29, 0.717) is 33.0 Å². The molecule has 124 valence electrons. The molecule has 2 N–H and O–H groups in total. The number of hydrogen-bond acceptors (Lipinski definition) is 6. The molecule has 0 aromatic rings. The minimum Gasteiger partial charge on any atom is -0.462 e. The van der Waals surface area contributed by atoms with Crippen LogP contribution in [0.1, 0.15) is 32.1 Å². The molecule has 0 spiro atoms. The molecular formula is C15H29NO5. The highest BCUT2D eigenvalue weighted by atomic mass is 16.6. The SMILES string of the molecule is COCCOCCOCCOC(=O)C(N)C1CCCCC1. The molecule has 1 unspecified atom stereocenters. The van der Waals surface area contributed by atoms with Gasteiger partial charge in [-0.2, -0.15) is 0 Å². The lowest BCUT2D eigenvalue weighted by Crippen LogP contribution is -2.40. The van der Waals surface area contributed by atoms with Crippen LogP contribution in [0.4, 0.5) is 0 Å². The van der Waals surface area contributed by atoms with Gasteiger partial charge in [-0.15, -0.1) is 0 Å². The number of carbonyl (C=O) groups is 1. The fourth-order valence-corrected chi connectivity index (χ4v) is 2.45. The molecule has 1 rings (SSSR count). The van der Waals surface area contributed by atoms with Gasteiger partial charge in [0.25, 0.3) is 0 Å². The average Bonchev–Trinajstić information content (AvgIpc) is 2.53. The zero-order valence-corrected chi connectivity index (χ0v) is 13.1. The monoisotopic (exact) mass is 303 g/mol. The molecule has 6 nitrogen and oxygen atoms in total. The Balaban J connectivity index is 1.95. The third-order valence-corrected chi connectivity index (χ3v) is 3.71. The van der Waals surface area contributed by atoms with Crippen molar-refractivity contribution in [3.63, 3.8) is 0 Å². The number of methoxy groups -OCH3 is 1. The smallest absolute Gasteiger partial charge is 0.323 e. The standard InChI is InChI=1S/C15H29NO5/c1-18-7-8-19-9-10-20-11-12-21-15(17)14(16)13-5-3-2-4-6-13/h13-14H,2-12,16H2,1H3. The van der Waals surface area contributed by atoms with E-state index in [1.54, 1.807) is 7.11 Å². The second-order valence-electron chi connectivity index (χ2n) is 5.31. The molecule has 0 radical (unpaired) electrons. The minimum absolute atomic E-state index is 0.247. The third-order valence-electron chi connectivity index (χ3n) is 3.71. The van der Waals surface area contributed by atoms with Gasteiger partial charge in [-0.05, 0) is 18.8 Å². The van der Waals surface area contributed by atoms with Crippen molar-refractivity contribution >= 4 is 5.97 Å². The summed E-state index contributed by atoms with van der Waals surface area (Å²) >= 11 is 0. The molecule has 6 heteroatoms. The molecule has 0 amide bonds. The molecule has 21 heavy (non-hydrogen) atoms. The summed E-state index contributed by atoms with van der Waals surface area (Å²) in [7, 11) is 1.63. The van der Waals surface area contributed by atoms with Crippen LogP contribution in [0.25, 0.3) is 0 Å². The maximum absolute atomic E-state index is 11.8. The van der Waals surface area contributed by atoms with Crippen LogP contribution in [-0.4, -0.2) is 58.8 Å². The van der Waals surface area contributed by atoms with Crippen molar-refractivity contribution in [1.82, 2.24) is 0 Å². The lowest BCUT2D eigenvalue weighted by molar-refractivity contribution is -0.148. The van der Waals surface area contributed by atoms with E-state index in [9.17, 15) is 4.79 Å². The van der Waals surface area contributed by atoms with Crippen LogP contribution in [0.2, 0.25) is 0 Å². The van der Waals surface area contributed by atoms with E-state index in [-0.39, 0.29) is 18.5 Å². The maximum Gasteiger partial charge on any atom is 0.323 e. The predicted octanol–water partition coefficient (Wildman–Crippen LogP) is 1.12. The van der Waals surface area contributed by atoms with Gasteiger partial charge in [0.1, 0.15) is 12.6 Å². The molecule has 0 bridgehead atoms. The summed E-state index contributed by atoms with van der Waals surface area (Å²) in [4.78, 5) is 11.8. The van der Waals surface area contributed by atoms with Crippen molar-refractivity contribution < 1.29 is 23.7 Å². The summed E-state index contributed by atoms with van der Waals surface area (Å²) in [6.07, 6.45) is 5.64. The van der Waals surface area contributed by atoms with Crippen LogP contribution < -0.4 is 5.73 Å². The number of carbonyl (C=O) groups excluding carboxylic acids is 1. The Bertz CT molecular complexity index is 269. The predicted molar refractivity (Wildman–Crippen MR) is 79.0 cm³/mol. The van der Waals surface area contributed by atoms with E-state index in [1.807, 2.05) is 0 Å². The van der Waals surface area contributed by atoms with Crippen LogP contribution in [0.15, 0.2) is 0 Å². The van der Waals surface area contributed by atoms with Crippen LogP contribution in [0.3, 0.4) is 0 Å². The molecule has 0 aromatic carbocycles. The molecule has 1 aliphatic carbocycles. The van der Waals surface area contributed by atoms with Crippen molar-refractivity contribution in [3.8, 4) is 0 Å². The molecule has 1 atom stereocenters. The lowest BCUT2D eigenvalue weighted by Gasteiger charge is -2.25. The normalized spacial score (nSPS) is 17.6. The Hall–Kier alpha value is -0.690. The largest absolute Gasteiger partial charge is 0.462 e. The number of rotatable bonds is 11. The number of esters is 1. The summed E-state index contributed by atoms with van der Waals surface area (Å²) in [5.41, 5.74) is 5.95. The molecule has 0 aromatic heterocycles. The van der Waals surface area contributed by atoms with Gasteiger partial charge in [-0.3, -0.25) is 4.79 Å². The average molecular weight is 303 g/mol. The van der Waals surface area contributed by atoms with E-state index in [2.05, 4.69) is 0 Å². The van der Waals surface area contributed by atoms with E-state index >= 15 is 0 Å². The van der Waals surface area contributed by atoms with Crippen LogP contribution in [0, 0.1) is 5.92 Å². The Morgan fingerprint density at radius 2 is 1.57 bits per heavy atom. The zero-order chi connectivity index (χ0) is 15.3. The summed E-state index contributed by atoms with van der Waals surface area (Å²) < 4.78 is 20.6. The van der Waals surface area contributed by atoms with Crippen molar-refractivity contribution in [2.24, 2.45) is 11.7 Å². The van der Waals surface area contributed by atoms with Crippen LogP contribution >= 0.6 is 0 Å². The molecule has 0 saturated heterocycles. The second-order valence-corrected chi connectivity index (χ2v) is 5.31. The van der Waals surface area contributed by atoms with Crippen LogP contribution in [0.5, 0.6) is 0 Å². The molecule has 1 fully saturated rings. The molecular weight excluding hydrogens is 274 g/mol.